The Bertz CT molecular complexity index is 299. The van der Waals surface area contributed by atoms with Crippen LogP contribution in [-0.4, -0.2) is 40.7 Å². The van der Waals surface area contributed by atoms with Gasteiger partial charge in [0.2, 0.25) is 9.97 Å². The lowest BCUT2D eigenvalue weighted by atomic mass is 10.2. The first kappa shape index (κ1) is 10.9. The smallest absolute Gasteiger partial charge is 0.286 e. The number of rotatable bonds is 4. The minimum absolute atomic E-state index is 0.363. The molecule has 0 fully saturated rings. The van der Waals surface area contributed by atoms with Gasteiger partial charge in [0, 0.05) is 0 Å². The summed E-state index contributed by atoms with van der Waals surface area (Å²) in [5, 5.41) is 0. The molecule has 0 saturated heterocycles. The quantitative estimate of drug-likeness (QED) is 0.435. The van der Waals surface area contributed by atoms with Crippen molar-refractivity contribution in [3.8, 4) is 0 Å². The van der Waals surface area contributed by atoms with Crippen molar-refractivity contribution in [3.63, 3.8) is 0 Å². The van der Waals surface area contributed by atoms with E-state index in [1.165, 1.54) is 0 Å². The molecule has 0 atom stereocenters. The Labute approximate surface area is 65.6 Å². The van der Waals surface area contributed by atoms with Crippen LogP contribution in [0.2, 0.25) is 0 Å². The molecular formula is C2H6BO6S2. The molecule has 65 valence electrons. The summed E-state index contributed by atoms with van der Waals surface area (Å²) in [6.07, 6.45) is 0. The van der Waals surface area contributed by atoms with Gasteiger partial charge in [-0.2, -0.15) is 0 Å². The first-order chi connectivity index (χ1) is 4.77. The molecule has 0 heterocycles. The highest BCUT2D eigenvalue weighted by Crippen LogP contribution is 1.89. The van der Waals surface area contributed by atoms with Crippen LogP contribution in [0.4, 0.5) is 0 Å². The third-order valence-corrected chi connectivity index (χ3v) is 2.55. The molecule has 0 aromatic heterocycles. The standard InChI is InChI=1S/C2H6BO6S2/c1-9-11(7,8)3-2-10(4,5)6/h2H2,1H3,(H,4,5,6). The van der Waals surface area contributed by atoms with Crippen molar-refractivity contribution in [2.24, 2.45) is 0 Å². The fraction of sp³-hybridized carbons (Fsp3) is 1.00. The van der Waals surface area contributed by atoms with Gasteiger partial charge in [-0.25, -0.2) is 16.8 Å². The third kappa shape index (κ3) is 6.29. The lowest BCUT2D eigenvalue weighted by molar-refractivity contribution is 0.411. The van der Waals surface area contributed by atoms with E-state index in [1.54, 1.807) is 0 Å². The minimum atomic E-state index is -4.28. The molecule has 1 radical (unpaired) electrons. The van der Waals surface area contributed by atoms with Crippen molar-refractivity contribution >= 4 is 26.6 Å². The van der Waals surface area contributed by atoms with E-state index in [0.29, 0.717) is 6.56 Å². The van der Waals surface area contributed by atoms with Crippen molar-refractivity contribution in [2.75, 3.05) is 12.8 Å². The molecule has 9 heteroatoms. The van der Waals surface area contributed by atoms with Crippen molar-refractivity contribution in [3.05, 3.63) is 0 Å². The molecule has 0 aliphatic carbocycles. The van der Waals surface area contributed by atoms with E-state index < -0.39 is 25.7 Å². The predicted molar refractivity (Wildman–Crippen MR) is 38.1 cm³/mol. The summed E-state index contributed by atoms with van der Waals surface area (Å²) in [4.78, 5) is 0. The Kier molecular flexibility index (Phi) is 3.49. The van der Waals surface area contributed by atoms with Crippen LogP contribution < -0.4 is 0 Å². The van der Waals surface area contributed by atoms with Crippen LogP contribution >= 0.6 is 0 Å². The predicted octanol–water partition coefficient (Wildman–Crippen LogP) is -1.57. The second-order valence-electron chi connectivity index (χ2n) is 1.57. The number of hydrogen-bond acceptors (Lipinski definition) is 5. The zero-order chi connectivity index (χ0) is 9.12. The molecular weight excluding hydrogens is 195 g/mol. The van der Waals surface area contributed by atoms with Crippen molar-refractivity contribution in [1.82, 2.24) is 0 Å². The first-order valence-corrected chi connectivity index (χ1v) is 5.44. The van der Waals surface area contributed by atoms with Crippen molar-refractivity contribution in [1.29, 1.82) is 0 Å². The summed E-state index contributed by atoms with van der Waals surface area (Å²) >= 11 is 0. The van der Waals surface area contributed by atoms with Crippen LogP contribution in [-0.2, 0) is 24.3 Å². The van der Waals surface area contributed by atoms with Gasteiger partial charge in [0.25, 0.3) is 10.1 Å². The Morgan fingerprint density at radius 3 is 2.09 bits per heavy atom. The van der Waals surface area contributed by atoms with Gasteiger partial charge in [0.05, 0.1) is 12.8 Å². The Morgan fingerprint density at radius 2 is 1.82 bits per heavy atom. The molecule has 0 bridgehead atoms. The lowest BCUT2D eigenvalue weighted by Crippen LogP contribution is -2.21. The van der Waals surface area contributed by atoms with Gasteiger partial charge in [0.15, 0.2) is 0 Å². The van der Waals surface area contributed by atoms with Crippen molar-refractivity contribution in [2.45, 2.75) is 0 Å². The normalized spacial score (nSPS) is 12.9. The zero-order valence-electron chi connectivity index (χ0n) is 5.59. The summed E-state index contributed by atoms with van der Waals surface area (Å²) in [6, 6.07) is 0. The molecule has 0 aliphatic rings. The van der Waals surface area contributed by atoms with Gasteiger partial charge >= 0.3 is 6.56 Å². The van der Waals surface area contributed by atoms with Gasteiger partial charge < -0.3 is 0 Å². The van der Waals surface area contributed by atoms with E-state index >= 15 is 0 Å². The molecule has 0 unspecified atom stereocenters. The second-order valence-corrected chi connectivity index (χ2v) is 4.72. The SMILES string of the molecule is COS(=O)(=O)[B]CS(=O)(=O)O. The molecule has 0 aromatic carbocycles. The summed E-state index contributed by atoms with van der Waals surface area (Å²) in [7, 11) is -7.31. The van der Waals surface area contributed by atoms with Gasteiger partial charge in [-0.05, 0) is 0 Å². The van der Waals surface area contributed by atoms with E-state index in [0.717, 1.165) is 7.11 Å². The topological polar surface area (TPSA) is 97.7 Å². The van der Waals surface area contributed by atoms with Gasteiger partial charge in [-0.15, -0.1) is 0 Å². The highest BCUT2D eigenvalue weighted by molar-refractivity contribution is 8.13. The van der Waals surface area contributed by atoms with E-state index in [9.17, 15) is 16.8 Å². The highest BCUT2D eigenvalue weighted by Gasteiger charge is 2.17. The molecule has 0 aliphatic heterocycles. The summed E-state index contributed by atoms with van der Waals surface area (Å²) in [5.74, 6) is 0. The van der Waals surface area contributed by atoms with Crippen LogP contribution in [0, 0.1) is 0 Å². The maximum absolute atomic E-state index is 10.4. The van der Waals surface area contributed by atoms with E-state index in [2.05, 4.69) is 4.18 Å². The third-order valence-electron chi connectivity index (χ3n) is 0.715. The molecule has 0 rings (SSSR count). The van der Waals surface area contributed by atoms with E-state index in [4.69, 9.17) is 4.55 Å². The first-order valence-electron chi connectivity index (χ1n) is 2.36. The van der Waals surface area contributed by atoms with Crippen LogP contribution in [0.3, 0.4) is 0 Å². The highest BCUT2D eigenvalue weighted by atomic mass is 32.2. The summed E-state index contributed by atoms with van der Waals surface area (Å²) < 4.78 is 52.8. The van der Waals surface area contributed by atoms with Crippen molar-refractivity contribution < 1.29 is 25.6 Å². The zero-order valence-corrected chi connectivity index (χ0v) is 7.22. The van der Waals surface area contributed by atoms with Gasteiger partial charge in [-0.3, -0.25) is 8.74 Å². The average Bonchev–Trinajstić information content (AvgIpc) is 1.83. The Balaban J connectivity index is 4.13. The second kappa shape index (κ2) is 3.52. The molecule has 6 nitrogen and oxygen atoms in total. The molecule has 0 amide bonds. The Morgan fingerprint density at radius 1 is 1.36 bits per heavy atom. The molecule has 11 heavy (non-hydrogen) atoms. The molecule has 1 N–H and O–H groups in total. The Hall–Kier alpha value is -0.115. The van der Waals surface area contributed by atoms with E-state index in [-0.39, 0.29) is 0 Å². The maximum Gasteiger partial charge on any atom is 0.335 e. The van der Waals surface area contributed by atoms with Gasteiger partial charge in [-0.1, -0.05) is 0 Å². The van der Waals surface area contributed by atoms with Crippen LogP contribution in [0.5, 0.6) is 0 Å². The number of hydrogen-bond donors (Lipinski definition) is 1. The fourth-order valence-electron chi connectivity index (χ4n) is 0.237. The van der Waals surface area contributed by atoms with E-state index in [1.807, 2.05) is 0 Å². The fourth-order valence-corrected chi connectivity index (χ4v) is 1.73. The molecule has 0 spiro atoms. The summed E-state index contributed by atoms with van der Waals surface area (Å²) in [5.41, 5.74) is -0.969. The van der Waals surface area contributed by atoms with Crippen LogP contribution in [0.1, 0.15) is 0 Å². The average molecular weight is 201 g/mol. The monoisotopic (exact) mass is 201 g/mol. The van der Waals surface area contributed by atoms with Crippen LogP contribution in [0.25, 0.3) is 0 Å². The molecule has 0 saturated carbocycles. The minimum Gasteiger partial charge on any atom is -0.286 e. The van der Waals surface area contributed by atoms with Gasteiger partial charge in [0.1, 0.15) is 0 Å². The summed E-state index contributed by atoms with van der Waals surface area (Å²) in [6.45, 7) is 0.363. The molecule has 0 aromatic rings. The largest absolute Gasteiger partial charge is 0.335 e. The lowest BCUT2D eigenvalue weighted by Gasteiger charge is -1.95. The van der Waals surface area contributed by atoms with Crippen LogP contribution in [0.15, 0.2) is 0 Å². The maximum atomic E-state index is 10.4.